The van der Waals surface area contributed by atoms with E-state index >= 15 is 0 Å². The van der Waals surface area contributed by atoms with Crippen molar-refractivity contribution >= 4 is 11.8 Å². The van der Waals surface area contributed by atoms with Gasteiger partial charge in [-0.2, -0.15) is 0 Å². The third-order valence-electron chi connectivity index (χ3n) is 7.82. The lowest BCUT2D eigenvalue weighted by Crippen LogP contribution is -2.28. The molecular formula is C29H39N3O4. The predicted octanol–water partition coefficient (Wildman–Crippen LogP) is 4.51. The van der Waals surface area contributed by atoms with E-state index < -0.39 is 5.97 Å². The van der Waals surface area contributed by atoms with Gasteiger partial charge in [-0.3, -0.25) is 4.79 Å². The van der Waals surface area contributed by atoms with Crippen molar-refractivity contribution < 1.29 is 19.4 Å². The molecule has 2 N–H and O–H groups in total. The Hall–Kier alpha value is -2.64. The van der Waals surface area contributed by atoms with Crippen LogP contribution in [0.15, 0.2) is 36.4 Å². The number of ether oxygens (including phenoxy) is 2. The second-order valence-corrected chi connectivity index (χ2v) is 10.6. The van der Waals surface area contributed by atoms with Gasteiger partial charge >= 0.3 is 5.97 Å². The van der Waals surface area contributed by atoms with E-state index in [-0.39, 0.29) is 18.4 Å². The molecule has 0 spiro atoms. The number of aromatic nitrogens is 1. The van der Waals surface area contributed by atoms with Crippen molar-refractivity contribution in [3.05, 3.63) is 53.2 Å². The molecule has 3 aliphatic heterocycles. The van der Waals surface area contributed by atoms with Crippen LogP contribution in [-0.2, 0) is 22.4 Å². The van der Waals surface area contributed by atoms with Crippen LogP contribution in [0.3, 0.4) is 0 Å². The summed E-state index contributed by atoms with van der Waals surface area (Å²) in [4.78, 5) is 19.0. The van der Waals surface area contributed by atoms with Crippen LogP contribution in [-0.4, -0.2) is 66.5 Å². The van der Waals surface area contributed by atoms with Crippen molar-refractivity contribution in [3.63, 3.8) is 0 Å². The quantitative estimate of drug-likeness (QED) is 0.476. The van der Waals surface area contributed by atoms with E-state index in [2.05, 4.69) is 22.3 Å². The molecule has 2 aromatic rings. The Morgan fingerprint density at radius 3 is 3.06 bits per heavy atom. The number of nitrogens with zero attached hydrogens (tertiary/aromatic N) is 2. The van der Waals surface area contributed by atoms with Gasteiger partial charge in [0.25, 0.3) is 0 Å². The molecule has 7 nitrogen and oxygen atoms in total. The van der Waals surface area contributed by atoms with Crippen molar-refractivity contribution in [1.82, 2.24) is 9.88 Å². The molecule has 5 rings (SSSR count). The van der Waals surface area contributed by atoms with Crippen LogP contribution in [0.2, 0.25) is 0 Å². The molecule has 0 radical (unpaired) electrons. The van der Waals surface area contributed by atoms with Crippen LogP contribution in [0.4, 0.5) is 5.82 Å². The number of carboxylic acid groups (broad SMARTS) is 1. The minimum Gasteiger partial charge on any atom is -0.491 e. The van der Waals surface area contributed by atoms with Crippen molar-refractivity contribution in [1.29, 1.82) is 0 Å². The van der Waals surface area contributed by atoms with E-state index in [1.807, 2.05) is 24.3 Å². The van der Waals surface area contributed by atoms with Crippen LogP contribution >= 0.6 is 0 Å². The van der Waals surface area contributed by atoms with E-state index in [1.54, 1.807) is 0 Å². The van der Waals surface area contributed by atoms with Gasteiger partial charge in [-0.25, -0.2) is 4.98 Å². The number of likely N-dealkylation sites (tertiary alicyclic amines) is 1. The highest BCUT2D eigenvalue weighted by Crippen LogP contribution is 2.29. The van der Waals surface area contributed by atoms with E-state index in [4.69, 9.17) is 14.5 Å². The summed E-state index contributed by atoms with van der Waals surface area (Å²) < 4.78 is 11.6. The van der Waals surface area contributed by atoms with Crippen molar-refractivity contribution in [2.24, 2.45) is 5.92 Å². The first-order chi connectivity index (χ1) is 17.6. The average molecular weight is 494 g/mol. The summed E-state index contributed by atoms with van der Waals surface area (Å²) in [5.74, 6) is 1.69. The normalized spacial score (nSPS) is 22.7. The van der Waals surface area contributed by atoms with Gasteiger partial charge in [0.05, 0.1) is 12.5 Å². The number of rotatable bonds is 11. The van der Waals surface area contributed by atoms with Crippen LogP contribution < -0.4 is 10.1 Å². The van der Waals surface area contributed by atoms with Gasteiger partial charge < -0.3 is 24.8 Å². The fourth-order valence-corrected chi connectivity index (χ4v) is 5.81. The van der Waals surface area contributed by atoms with Gasteiger partial charge in [0.1, 0.15) is 18.2 Å². The molecule has 0 saturated carbocycles. The fourth-order valence-electron chi connectivity index (χ4n) is 5.81. The van der Waals surface area contributed by atoms with E-state index in [0.29, 0.717) is 12.5 Å². The fraction of sp³-hybridized carbons (Fsp3) is 0.586. The third-order valence-corrected chi connectivity index (χ3v) is 7.82. The van der Waals surface area contributed by atoms with Gasteiger partial charge in [0.2, 0.25) is 0 Å². The second kappa shape index (κ2) is 12.1. The molecule has 3 atom stereocenters. The number of anilines is 1. The molecule has 2 fully saturated rings. The highest BCUT2D eigenvalue weighted by atomic mass is 16.5. The zero-order valence-corrected chi connectivity index (χ0v) is 21.2. The summed E-state index contributed by atoms with van der Waals surface area (Å²) in [5, 5.41) is 13.0. The Labute approximate surface area is 214 Å². The van der Waals surface area contributed by atoms with Crippen LogP contribution in [0.5, 0.6) is 5.75 Å². The molecule has 0 bridgehead atoms. The Morgan fingerprint density at radius 2 is 2.19 bits per heavy atom. The monoisotopic (exact) mass is 493 g/mol. The predicted molar refractivity (Wildman–Crippen MR) is 140 cm³/mol. The lowest BCUT2D eigenvalue weighted by atomic mass is 9.94. The van der Waals surface area contributed by atoms with E-state index in [9.17, 15) is 9.90 Å². The molecule has 0 aliphatic carbocycles. The zero-order chi connectivity index (χ0) is 24.7. The highest BCUT2D eigenvalue weighted by Gasteiger charge is 2.27. The maximum atomic E-state index is 11.7. The van der Waals surface area contributed by atoms with Crippen molar-refractivity contribution in [2.75, 3.05) is 44.7 Å². The number of aryl methyl sites for hydroxylation is 2. The third kappa shape index (κ3) is 6.77. The molecule has 0 amide bonds. The summed E-state index contributed by atoms with van der Waals surface area (Å²) in [5.41, 5.74) is 3.55. The standard InChI is InChI=1S/C29H39N3O4/c33-28(34)17-24(23-4-1-6-26(16-23)36-20-27-7-3-15-35-27)19-32-14-12-21(18-32)8-10-25-11-9-22-5-2-13-30-29(22)31-25/h1,4,6,9,11,16,21,24,27H,2-3,5,7-8,10,12-15,17-20H2,(H,30,31)(H,33,34)/t21?,24-,27+/m1/s1. The van der Waals surface area contributed by atoms with Crippen LogP contribution in [0, 0.1) is 5.92 Å². The van der Waals surface area contributed by atoms with E-state index in [0.717, 1.165) is 88.4 Å². The molecule has 4 heterocycles. The second-order valence-electron chi connectivity index (χ2n) is 10.6. The molecule has 7 heteroatoms. The first-order valence-electron chi connectivity index (χ1n) is 13.6. The largest absolute Gasteiger partial charge is 0.491 e. The summed E-state index contributed by atoms with van der Waals surface area (Å²) in [6, 6.07) is 12.4. The van der Waals surface area contributed by atoms with Gasteiger partial charge in [0, 0.05) is 37.9 Å². The minimum atomic E-state index is -0.756. The molecule has 36 heavy (non-hydrogen) atoms. The molecular weight excluding hydrogens is 454 g/mol. The Kier molecular flexibility index (Phi) is 8.39. The smallest absolute Gasteiger partial charge is 0.304 e. The van der Waals surface area contributed by atoms with Crippen molar-refractivity contribution in [2.45, 2.75) is 63.4 Å². The Morgan fingerprint density at radius 1 is 1.25 bits per heavy atom. The topological polar surface area (TPSA) is 83.9 Å². The maximum absolute atomic E-state index is 11.7. The summed E-state index contributed by atoms with van der Waals surface area (Å²) in [6.07, 6.45) is 8.00. The number of carboxylic acids is 1. The first kappa shape index (κ1) is 25.0. The highest BCUT2D eigenvalue weighted by molar-refractivity contribution is 5.68. The molecule has 1 aromatic carbocycles. The SMILES string of the molecule is O=C(O)C[C@H](CN1CCC(CCc2ccc3c(n2)NCCC3)C1)c1cccc(OC[C@@H]2CCCO2)c1. The van der Waals surface area contributed by atoms with Gasteiger partial charge in [0.15, 0.2) is 0 Å². The number of aliphatic carboxylic acids is 1. The molecule has 1 unspecified atom stereocenters. The van der Waals surface area contributed by atoms with Crippen LogP contribution in [0.25, 0.3) is 0 Å². The number of pyridine rings is 1. The maximum Gasteiger partial charge on any atom is 0.304 e. The van der Waals surface area contributed by atoms with Gasteiger partial charge in [-0.05, 0) is 86.7 Å². The summed E-state index contributed by atoms with van der Waals surface area (Å²) >= 11 is 0. The molecule has 1 aromatic heterocycles. The number of benzene rings is 1. The average Bonchev–Trinajstić information content (AvgIpc) is 3.58. The lowest BCUT2D eigenvalue weighted by Gasteiger charge is -2.24. The lowest BCUT2D eigenvalue weighted by molar-refractivity contribution is -0.137. The molecule has 3 aliphatic rings. The molecule has 2 saturated heterocycles. The summed E-state index contributed by atoms with van der Waals surface area (Å²) in [7, 11) is 0. The van der Waals surface area contributed by atoms with E-state index in [1.165, 1.54) is 17.7 Å². The molecule has 194 valence electrons. The number of carbonyl (C=O) groups is 1. The minimum absolute atomic E-state index is 0.0547. The number of nitrogens with one attached hydrogen (secondary N) is 1. The van der Waals surface area contributed by atoms with Crippen LogP contribution in [0.1, 0.15) is 61.3 Å². The zero-order valence-electron chi connectivity index (χ0n) is 21.2. The van der Waals surface area contributed by atoms with Crippen molar-refractivity contribution in [3.8, 4) is 5.75 Å². The Bertz CT molecular complexity index is 1020. The summed E-state index contributed by atoms with van der Waals surface area (Å²) in [6.45, 7) is 5.19. The number of hydrogen-bond donors (Lipinski definition) is 2. The van der Waals surface area contributed by atoms with Gasteiger partial charge in [-0.1, -0.05) is 18.2 Å². The number of hydrogen-bond acceptors (Lipinski definition) is 6. The Balaban J connectivity index is 1.14. The first-order valence-corrected chi connectivity index (χ1v) is 13.6. The number of fused-ring (bicyclic) bond motifs is 1. The van der Waals surface area contributed by atoms with Gasteiger partial charge in [-0.15, -0.1) is 0 Å².